The molecule has 3 aromatic rings. The number of rotatable bonds is 5. The van der Waals surface area contributed by atoms with E-state index in [1.807, 2.05) is 25.1 Å². The Bertz CT molecular complexity index is 1060. The van der Waals surface area contributed by atoms with Crippen LogP contribution in [0.15, 0.2) is 48.8 Å². The van der Waals surface area contributed by atoms with Crippen LogP contribution in [0.5, 0.6) is 0 Å². The van der Waals surface area contributed by atoms with Crippen molar-refractivity contribution in [3.05, 3.63) is 65.6 Å². The average Bonchev–Trinajstić information content (AvgIpc) is 3.08. The Labute approximate surface area is 170 Å². The van der Waals surface area contributed by atoms with Gasteiger partial charge in [-0.25, -0.2) is 0 Å². The Kier molecular flexibility index (Phi) is 5.09. The highest BCUT2D eigenvalue weighted by Crippen LogP contribution is 2.31. The number of nitrogens with zero attached hydrogens (tertiary/aromatic N) is 2. The Morgan fingerprint density at radius 2 is 1.97 bits per heavy atom. The Balaban J connectivity index is 1.58. The number of carbonyl (C=O) groups is 2. The number of aryl methyl sites for hydroxylation is 2. The van der Waals surface area contributed by atoms with Crippen LogP contribution < -0.4 is 10.6 Å². The number of hydrogen-bond acceptors (Lipinski definition) is 3. The summed E-state index contributed by atoms with van der Waals surface area (Å²) in [5, 5.41) is 6.99. The van der Waals surface area contributed by atoms with Crippen LogP contribution in [0.1, 0.15) is 36.6 Å². The van der Waals surface area contributed by atoms with Crippen molar-refractivity contribution in [2.45, 2.75) is 51.7 Å². The first kappa shape index (κ1) is 19.2. The largest absolute Gasteiger partial charge is 0.347 e. The van der Waals surface area contributed by atoms with Gasteiger partial charge in [-0.2, -0.15) is 0 Å². The molecular weight excluding hydrogens is 364 g/mol. The molecule has 4 rings (SSSR count). The van der Waals surface area contributed by atoms with E-state index in [0.29, 0.717) is 6.42 Å². The van der Waals surface area contributed by atoms with Crippen LogP contribution in [0.2, 0.25) is 0 Å². The van der Waals surface area contributed by atoms with Crippen molar-refractivity contribution >= 4 is 22.7 Å². The van der Waals surface area contributed by atoms with E-state index in [1.54, 1.807) is 6.20 Å². The van der Waals surface area contributed by atoms with Crippen LogP contribution in [0.3, 0.4) is 0 Å². The lowest BCUT2D eigenvalue weighted by Gasteiger charge is -2.32. The molecule has 1 saturated heterocycles. The van der Waals surface area contributed by atoms with Crippen molar-refractivity contribution in [3.8, 4) is 0 Å². The van der Waals surface area contributed by atoms with Crippen molar-refractivity contribution in [1.29, 1.82) is 0 Å². The molecule has 0 spiro atoms. The van der Waals surface area contributed by atoms with Gasteiger partial charge in [0.25, 0.3) is 0 Å². The number of amides is 2. The Hall–Kier alpha value is -3.15. The number of aromatic nitrogens is 2. The van der Waals surface area contributed by atoms with Gasteiger partial charge >= 0.3 is 0 Å². The summed E-state index contributed by atoms with van der Waals surface area (Å²) in [5.74, 6) is -0.461. The molecule has 1 aliphatic heterocycles. The normalized spacial score (nSPS) is 20.4. The molecule has 3 heterocycles. The van der Waals surface area contributed by atoms with Crippen molar-refractivity contribution in [2.75, 3.05) is 0 Å². The highest BCUT2D eigenvalue weighted by Gasteiger charge is 2.38. The fourth-order valence-electron chi connectivity index (χ4n) is 4.11. The topological polar surface area (TPSA) is 76.0 Å². The van der Waals surface area contributed by atoms with Gasteiger partial charge in [-0.05, 0) is 43.7 Å². The molecule has 2 amide bonds. The summed E-state index contributed by atoms with van der Waals surface area (Å²) >= 11 is 0. The van der Waals surface area contributed by atoms with Gasteiger partial charge in [0.2, 0.25) is 11.8 Å². The van der Waals surface area contributed by atoms with Crippen LogP contribution in [-0.4, -0.2) is 33.4 Å². The third kappa shape index (κ3) is 3.62. The van der Waals surface area contributed by atoms with E-state index < -0.39 is 12.1 Å². The minimum Gasteiger partial charge on any atom is -0.347 e. The lowest BCUT2D eigenvalue weighted by atomic mass is 9.89. The number of piperazine rings is 1. The average molecular weight is 390 g/mol. The second-order valence-electron chi connectivity index (χ2n) is 7.75. The fraction of sp³-hybridized carbons (Fsp3) is 0.348. The molecule has 1 fully saturated rings. The molecule has 6 heteroatoms. The van der Waals surface area contributed by atoms with Crippen LogP contribution in [0, 0.1) is 6.92 Å². The summed E-state index contributed by atoms with van der Waals surface area (Å²) in [6, 6.07) is 10.7. The van der Waals surface area contributed by atoms with E-state index in [2.05, 4.69) is 58.4 Å². The van der Waals surface area contributed by atoms with Gasteiger partial charge in [0, 0.05) is 47.9 Å². The first-order valence-corrected chi connectivity index (χ1v) is 10.1. The standard InChI is InChI=1S/C23H26N4O2/c1-4-27-13-18(17-11-14(2)8-9-20(17)27)15(3)21-23(29)25-19(22(28)26-21)12-16-7-5-6-10-24-16/h5-11,13,15,19,21H,4,12H2,1-3H3,(H,25,29)(H,26,28)/t15-,19-,21-/m1/s1. The summed E-state index contributed by atoms with van der Waals surface area (Å²) in [4.78, 5) is 29.8. The molecule has 0 radical (unpaired) electrons. The van der Waals surface area contributed by atoms with E-state index in [0.717, 1.165) is 28.7 Å². The first-order valence-electron chi connectivity index (χ1n) is 10.1. The van der Waals surface area contributed by atoms with Crippen molar-refractivity contribution in [3.63, 3.8) is 0 Å². The maximum atomic E-state index is 12.9. The summed E-state index contributed by atoms with van der Waals surface area (Å²) in [6.07, 6.45) is 4.18. The number of nitrogens with one attached hydrogen (secondary N) is 2. The summed E-state index contributed by atoms with van der Waals surface area (Å²) in [6.45, 7) is 7.02. The number of pyridine rings is 1. The van der Waals surface area contributed by atoms with Crippen LogP contribution in [0.25, 0.3) is 10.9 Å². The first-order chi connectivity index (χ1) is 14.0. The minimum absolute atomic E-state index is 0.146. The third-order valence-electron chi connectivity index (χ3n) is 5.75. The maximum absolute atomic E-state index is 12.9. The van der Waals surface area contributed by atoms with Crippen molar-refractivity contribution in [1.82, 2.24) is 20.2 Å². The molecule has 1 aliphatic rings. The van der Waals surface area contributed by atoms with Gasteiger partial charge in [0.15, 0.2) is 0 Å². The molecule has 2 aromatic heterocycles. The number of hydrogen-bond donors (Lipinski definition) is 2. The summed E-state index contributed by atoms with van der Waals surface area (Å²) in [7, 11) is 0. The molecule has 0 saturated carbocycles. The smallest absolute Gasteiger partial charge is 0.243 e. The van der Waals surface area contributed by atoms with Crippen LogP contribution >= 0.6 is 0 Å². The van der Waals surface area contributed by atoms with Gasteiger partial charge in [0.1, 0.15) is 12.1 Å². The van der Waals surface area contributed by atoms with Crippen LogP contribution in [0.4, 0.5) is 0 Å². The monoisotopic (exact) mass is 390 g/mol. The van der Waals surface area contributed by atoms with Crippen molar-refractivity contribution < 1.29 is 9.59 Å². The summed E-state index contributed by atoms with van der Waals surface area (Å²) in [5.41, 5.74) is 4.18. The molecular formula is C23H26N4O2. The van der Waals surface area contributed by atoms with E-state index >= 15 is 0 Å². The molecule has 150 valence electrons. The zero-order chi connectivity index (χ0) is 20.5. The van der Waals surface area contributed by atoms with E-state index in [4.69, 9.17) is 0 Å². The Morgan fingerprint density at radius 3 is 2.69 bits per heavy atom. The summed E-state index contributed by atoms with van der Waals surface area (Å²) < 4.78 is 2.19. The second-order valence-corrected chi connectivity index (χ2v) is 7.75. The van der Waals surface area contributed by atoms with E-state index in [9.17, 15) is 9.59 Å². The quantitative estimate of drug-likeness (QED) is 0.703. The van der Waals surface area contributed by atoms with Gasteiger partial charge in [-0.15, -0.1) is 0 Å². The molecule has 1 aromatic carbocycles. The minimum atomic E-state index is -0.598. The maximum Gasteiger partial charge on any atom is 0.243 e. The fourth-order valence-corrected chi connectivity index (χ4v) is 4.11. The lowest BCUT2D eigenvalue weighted by Crippen LogP contribution is -2.63. The van der Waals surface area contributed by atoms with Crippen molar-refractivity contribution in [2.24, 2.45) is 0 Å². The molecule has 3 atom stereocenters. The third-order valence-corrected chi connectivity index (χ3v) is 5.75. The molecule has 6 nitrogen and oxygen atoms in total. The van der Waals surface area contributed by atoms with Crippen LogP contribution in [-0.2, 0) is 22.6 Å². The molecule has 29 heavy (non-hydrogen) atoms. The SMILES string of the molecule is CCn1cc([C@@H](C)[C@H]2NC(=O)[C@@H](Cc3ccccn3)NC2=O)c2cc(C)ccc21. The highest BCUT2D eigenvalue weighted by molar-refractivity contribution is 5.98. The zero-order valence-electron chi connectivity index (χ0n) is 17.0. The van der Waals surface area contributed by atoms with Gasteiger partial charge in [0.05, 0.1) is 0 Å². The van der Waals surface area contributed by atoms with Gasteiger partial charge < -0.3 is 15.2 Å². The highest BCUT2D eigenvalue weighted by atomic mass is 16.2. The second kappa shape index (κ2) is 7.70. The predicted octanol–water partition coefficient (Wildman–Crippen LogP) is 2.69. The van der Waals surface area contributed by atoms with Gasteiger partial charge in [-0.3, -0.25) is 14.6 Å². The number of benzene rings is 1. The zero-order valence-corrected chi connectivity index (χ0v) is 17.0. The Morgan fingerprint density at radius 1 is 1.14 bits per heavy atom. The molecule has 0 aliphatic carbocycles. The molecule has 0 unspecified atom stereocenters. The number of fused-ring (bicyclic) bond motifs is 1. The van der Waals surface area contributed by atoms with Gasteiger partial charge in [-0.1, -0.05) is 24.6 Å². The predicted molar refractivity (Wildman–Crippen MR) is 113 cm³/mol. The molecule has 2 N–H and O–H groups in total. The number of carbonyl (C=O) groups excluding carboxylic acids is 2. The molecule has 0 bridgehead atoms. The van der Waals surface area contributed by atoms with E-state index in [-0.39, 0.29) is 17.7 Å². The lowest BCUT2D eigenvalue weighted by molar-refractivity contribution is -0.137. The van der Waals surface area contributed by atoms with E-state index in [1.165, 1.54) is 5.56 Å².